The van der Waals surface area contributed by atoms with E-state index < -0.39 is 5.97 Å². The Morgan fingerprint density at radius 1 is 1.47 bits per heavy atom. The van der Waals surface area contributed by atoms with Crippen molar-refractivity contribution >= 4 is 29.1 Å². The van der Waals surface area contributed by atoms with Gasteiger partial charge in [0.1, 0.15) is 6.54 Å². The number of carboxylic acid groups (broad SMARTS) is 1. The predicted molar refractivity (Wildman–Crippen MR) is 73.9 cm³/mol. The monoisotopic (exact) mass is 283 g/mol. The highest BCUT2D eigenvalue weighted by Gasteiger charge is 2.14. The summed E-state index contributed by atoms with van der Waals surface area (Å²) < 4.78 is 1.24. The van der Waals surface area contributed by atoms with Crippen molar-refractivity contribution in [2.75, 3.05) is 5.32 Å². The predicted octanol–water partition coefficient (Wildman–Crippen LogP) is 0.982. The van der Waals surface area contributed by atoms with E-state index in [1.807, 2.05) is 0 Å². The van der Waals surface area contributed by atoms with Gasteiger partial charge in [0.2, 0.25) is 0 Å². The molecule has 1 aromatic heterocycles. The third kappa shape index (κ3) is 4.47. The minimum atomic E-state index is -0.959. The highest BCUT2D eigenvalue weighted by atomic mass is 32.1. The lowest BCUT2D eigenvalue weighted by atomic mass is 9.96. The van der Waals surface area contributed by atoms with Crippen LogP contribution >= 0.6 is 12.2 Å². The molecule has 1 aliphatic carbocycles. The summed E-state index contributed by atoms with van der Waals surface area (Å²) in [7, 11) is 0. The van der Waals surface area contributed by atoms with E-state index in [-0.39, 0.29) is 6.54 Å². The number of rotatable bonds is 4. The van der Waals surface area contributed by atoms with E-state index >= 15 is 0 Å². The number of carbonyl (C=O) groups is 1. The lowest BCUT2D eigenvalue weighted by molar-refractivity contribution is -0.137. The van der Waals surface area contributed by atoms with Gasteiger partial charge < -0.3 is 15.7 Å². The van der Waals surface area contributed by atoms with Crippen molar-refractivity contribution in [2.45, 2.75) is 44.7 Å². The highest BCUT2D eigenvalue weighted by molar-refractivity contribution is 7.80. The average molecular weight is 283 g/mol. The maximum atomic E-state index is 10.5. The third-order valence-corrected chi connectivity index (χ3v) is 3.24. The summed E-state index contributed by atoms with van der Waals surface area (Å²) >= 11 is 5.20. The molecule has 0 bridgehead atoms. The average Bonchev–Trinajstić information content (AvgIpc) is 2.76. The van der Waals surface area contributed by atoms with Gasteiger partial charge in [-0.25, -0.2) is 4.68 Å². The molecular formula is C11H17N5O2S. The molecule has 1 fully saturated rings. The van der Waals surface area contributed by atoms with Gasteiger partial charge in [0.15, 0.2) is 10.9 Å². The molecule has 1 heterocycles. The van der Waals surface area contributed by atoms with Crippen LogP contribution in [0.4, 0.5) is 5.82 Å². The minimum absolute atomic E-state index is 0.211. The van der Waals surface area contributed by atoms with Gasteiger partial charge >= 0.3 is 5.97 Å². The van der Waals surface area contributed by atoms with Crippen molar-refractivity contribution in [3.63, 3.8) is 0 Å². The summed E-state index contributed by atoms with van der Waals surface area (Å²) in [4.78, 5) is 10.5. The SMILES string of the molecule is O=C(O)Cn1cc(NC(=S)NC2CCCCC2)nn1. The van der Waals surface area contributed by atoms with E-state index in [0.717, 1.165) is 12.8 Å². The molecule has 0 amide bonds. The van der Waals surface area contributed by atoms with Crippen molar-refractivity contribution < 1.29 is 9.90 Å². The first-order valence-electron chi connectivity index (χ1n) is 6.33. The molecule has 2 rings (SSSR count). The summed E-state index contributed by atoms with van der Waals surface area (Å²) in [5.41, 5.74) is 0. The Hall–Kier alpha value is -1.70. The smallest absolute Gasteiger partial charge is 0.325 e. The number of aliphatic carboxylic acids is 1. The van der Waals surface area contributed by atoms with Crippen molar-refractivity contribution in [3.8, 4) is 0 Å². The van der Waals surface area contributed by atoms with Gasteiger partial charge in [0.25, 0.3) is 0 Å². The quantitative estimate of drug-likeness (QED) is 0.709. The van der Waals surface area contributed by atoms with Crippen LogP contribution in [-0.2, 0) is 11.3 Å². The number of hydrogen-bond donors (Lipinski definition) is 3. The van der Waals surface area contributed by atoms with Gasteiger partial charge in [-0.1, -0.05) is 24.5 Å². The summed E-state index contributed by atoms with van der Waals surface area (Å²) in [5.74, 6) is -0.506. The van der Waals surface area contributed by atoms with E-state index in [1.165, 1.54) is 30.1 Å². The molecule has 1 saturated carbocycles. The van der Waals surface area contributed by atoms with Crippen LogP contribution in [0.15, 0.2) is 6.20 Å². The lowest BCUT2D eigenvalue weighted by Crippen LogP contribution is -2.38. The molecule has 0 unspecified atom stereocenters. The van der Waals surface area contributed by atoms with Crippen molar-refractivity contribution in [1.29, 1.82) is 0 Å². The topological polar surface area (TPSA) is 92.1 Å². The number of hydrogen-bond acceptors (Lipinski definition) is 4. The number of thiocarbonyl (C=S) groups is 1. The number of carboxylic acids is 1. The molecule has 0 aliphatic heterocycles. The van der Waals surface area contributed by atoms with Crippen molar-refractivity contribution in [3.05, 3.63) is 6.20 Å². The van der Waals surface area contributed by atoms with Crippen LogP contribution < -0.4 is 10.6 Å². The molecule has 0 radical (unpaired) electrons. The first-order valence-corrected chi connectivity index (χ1v) is 6.74. The summed E-state index contributed by atoms with van der Waals surface area (Å²) in [6.07, 6.45) is 7.54. The second-order valence-electron chi connectivity index (χ2n) is 4.63. The van der Waals surface area contributed by atoms with Crippen LogP contribution in [0.25, 0.3) is 0 Å². The number of aromatic nitrogens is 3. The summed E-state index contributed by atoms with van der Waals surface area (Å²) in [6.45, 7) is -0.211. The maximum absolute atomic E-state index is 10.5. The molecule has 0 saturated heterocycles. The molecule has 7 nitrogen and oxygen atoms in total. The standard InChI is InChI=1S/C11H17N5O2S/c17-10(18)7-16-6-9(14-15-16)13-11(19)12-8-4-2-1-3-5-8/h6,8H,1-5,7H2,(H,17,18)(H2,12,13,19). The van der Waals surface area contributed by atoms with Gasteiger partial charge in [-0.05, 0) is 25.1 Å². The van der Waals surface area contributed by atoms with Gasteiger partial charge in [-0.3, -0.25) is 4.79 Å². The third-order valence-electron chi connectivity index (χ3n) is 3.02. The van der Waals surface area contributed by atoms with Gasteiger partial charge in [-0.15, -0.1) is 5.10 Å². The molecule has 1 aromatic rings. The Bertz CT molecular complexity index is 456. The van der Waals surface area contributed by atoms with Crippen LogP contribution in [0.3, 0.4) is 0 Å². The van der Waals surface area contributed by atoms with E-state index in [2.05, 4.69) is 20.9 Å². The minimum Gasteiger partial charge on any atom is -0.480 e. The van der Waals surface area contributed by atoms with Gasteiger partial charge in [0.05, 0.1) is 6.20 Å². The molecule has 0 spiro atoms. The van der Waals surface area contributed by atoms with Crippen LogP contribution in [0.5, 0.6) is 0 Å². The molecule has 8 heteroatoms. The second kappa shape index (κ2) is 6.46. The van der Waals surface area contributed by atoms with Gasteiger partial charge in [0, 0.05) is 6.04 Å². The fraction of sp³-hybridized carbons (Fsp3) is 0.636. The Balaban J connectivity index is 1.81. The summed E-state index contributed by atoms with van der Waals surface area (Å²) in [6, 6.07) is 0.419. The maximum Gasteiger partial charge on any atom is 0.325 e. The zero-order valence-electron chi connectivity index (χ0n) is 10.5. The van der Waals surface area contributed by atoms with Crippen LogP contribution in [-0.4, -0.2) is 37.2 Å². The van der Waals surface area contributed by atoms with E-state index in [9.17, 15) is 4.79 Å². The normalized spacial score (nSPS) is 16.0. The van der Waals surface area contributed by atoms with Crippen molar-refractivity contribution in [1.82, 2.24) is 20.3 Å². The molecule has 0 atom stereocenters. The Labute approximate surface area is 116 Å². The zero-order valence-corrected chi connectivity index (χ0v) is 11.3. The zero-order chi connectivity index (χ0) is 13.7. The van der Waals surface area contributed by atoms with Crippen LogP contribution in [0.2, 0.25) is 0 Å². The number of anilines is 1. The van der Waals surface area contributed by atoms with E-state index in [0.29, 0.717) is 17.0 Å². The molecule has 0 aromatic carbocycles. The first-order chi connectivity index (χ1) is 9.13. The van der Waals surface area contributed by atoms with E-state index in [4.69, 9.17) is 17.3 Å². The largest absolute Gasteiger partial charge is 0.480 e. The fourth-order valence-electron chi connectivity index (χ4n) is 2.16. The lowest BCUT2D eigenvalue weighted by Gasteiger charge is -2.23. The Kier molecular flexibility index (Phi) is 4.67. The molecular weight excluding hydrogens is 266 g/mol. The Morgan fingerprint density at radius 2 is 2.21 bits per heavy atom. The molecule has 1 aliphatic rings. The van der Waals surface area contributed by atoms with Gasteiger partial charge in [-0.2, -0.15) is 0 Å². The molecule has 3 N–H and O–H groups in total. The molecule has 104 valence electrons. The van der Waals surface area contributed by atoms with Crippen molar-refractivity contribution in [2.24, 2.45) is 0 Å². The fourth-order valence-corrected chi connectivity index (χ4v) is 2.43. The summed E-state index contributed by atoms with van der Waals surface area (Å²) in [5, 5.41) is 22.8. The second-order valence-corrected chi connectivity index (χ2v) is 5.04. The first kappa shape index (κ1) is 13.7. The number of nitrogens with one attached hydrogen (secondary N) is 2. The highest BCUT2D eigenvalue weighted by Crippen LogP contribution is 2.17. The number of nitrogens with zero attached hydrogens (tertiary/aromatic N) is 3. The van der Waals surface area contributed by atoms with Crippen LogP contribution in [0, 0.1) is 0 Å². The molecule has 19 heavy (non-hydrogen) atoms. The Morgan fingerprint density at radius 3 is 2.89 bits per heavy atom. The van der Waals surface area contributed by atoms with E-state index in [1.54, 1.807) is 0 Å². The van der Waals surface area contributed by atoms with Crippen LogP contribution in [0.1, 0.15) is 32.1 Å².